The summed E-state index contributed by atoms with van der Waals surface area (Å²) in [5.41, 5.74) is 10.5. The summed E-state index contributed by atoms with van der Waals surface area (Å²) in [7, 11) is 0. The van der Waals surface area contributed by atoms with E-state index in [2.05, 4.69) is 4.98 Å². The van der Waals surface area contributed by atoms with Gasteiger partial charge in [0.05, 0.1) is 5.41 Å². The highest BCUT2D eigenvalue weighted by Gasteiger charge is 2.31. The van der Waals surface area contributed by atoms with Gasteiger partial charge in [0.1, 0.15) is 6.26 Å². The van der Waals surface area contributed by atoms with Crippen LogP contribution < -0.4 is 11.5 Å². The largest absolute Gasteiger partial charge is 0.447 e. The molecule has 14 heavy (non-hydrogen) atoms. The Labute approximate surface area is 82.5 Å². The van der Waals surface area contributed by atoms with Crippen molar-refractivity contribution in [2.45, 2.75) is 32.2 Å². The molecule has 4 N–H and O–H groups in total. The van der Waals surface area contributed by atoms with Crippen LogP contribution in [-0.2, 0) is 5.41 Å². The average molecular weight is 197 g/mol. The zero-order valence-corrected chi connectivity index (χ0v) is 8.57. The molecule has 0 fully saturated rings. The summed E-state index contributed by atoms with van der Waals surface area (Å²) in [6, 6.07) is -0.123. The van der Waals surface area contributed by atoms with E-state index < -0.39 is 11.3 Å². The van der Waals surface area contributed by atoms with Crippen LogP contribution >= 0.6 is 0 Å². The fraction of sp³-hybridized carbons (Fsp3) is 0.556. The zero-order valence-electron chi connectivity index (χ0n) is 8.57. The van der Waals surface area contributed by atoms with Gasteiger partial charge in [0.2, 0.25) is 5.89 Å². The van der Waals surface area contributed by atoms with Gasteiger partial charge in [-0.15, -0.1) is 0 Å². The minimum atomic E-state index is -0.597. The number of oxazole rings is 1. The van der Waals surface area contributed by atoms with Gasteiger partial charge >= 0.3 is 0 Å². The maximum Gasteiger partial charge on any atom is 0.270 e. The molecule has 5 heteroatoms. The topological polar surface area (TPSA) is 95.1 Å². The number of aromatic nitrogens is 1. The first-order valence-electron chi connectivity index (χ1n) is 4.37. The van der Waals surface area contributed by atoms with Gasteiger partial charge in [-0.05, 0) is 20.8 Å². The van der Waals surface area contributed by atoms with Crippen molar-refractivity contribution in [3.8, 4) is 0 Å². The van der Waals surface area contributed by atoms with Gasteiger partial charge in [-0.1, -0.05) is 0 Å². The molecule has 0 aliphatic rings. The van der Waals surface area contributed by atoms with Gasteiger partial charge in [-0.2, -0.15) is 0 Å². The van der Waals surface area contributed by atoms with E-state index in [0.29, 0.717) is 5.89 Å². The number of nitrogens with zero attached hydrogens (tertiary/aromatic N) is 1. The van der Waals surface area contributed by atoms with Gasteiger partial charge in [-0.3, -0.25) is 4.79 Å². The lowest BCUT2D eigenvalue weighted by molar-refractivity contribution is 0.0995. The molecule has 0 aliphatic carbocycles. The van der Waals surface area contributed by atoms with Crippen LogP contribution in [0.5, 0.6) is 0 Å². The SMILES string of the molecule is CC(N)C(C)(C)c1nc(C(N)=O)co1. The van der Waals surface area contributed by atoms with Gasteiger partial charge in [0.15, 0.2) is 5.69 Å². The van der Waals surface area contributed by atoms with E-state index in [1.54, 1.807) is 0 Å². The highest BCUT2D eigenvalue weighted by atomic mass is 16.3. The highest BCUT2D eigenvalue weighted by Crippen LogP contribution is 2.24. The summed E-state index contributed by atoms with van der Waals surface area (Å²) in [6.45, 7) is 5.65. The summed E-state index contributed by atoms with van der Waals surface area (Å²) >= 11 is 0. The molecule has 1 amide bonds. The van der Waals surface area contributed by atoms with E-state index in [1.807, 2.05) is 20.8 Å². The number of amides is 1. The van der Waals surface area contributed by atoms with Crippen molar-refractivity contribution < 1.29 is 9.21 Å². The lowest BCUT2D eigenvalue weighted by Crippen LogP contribution is -2.38. The van der Waals surface area contributed by atoms with E-state index in [9.17, 15) is 4.79 Å². The van der Waals surface area contributed by atoms with Crippen LogP contribution in [0.1, 0.15) is 37.2 Å². The number of hydrogen-bond donors (Lipinski definition) is 2. The molecule has 0 radical (unpaired) electrons. The molecule has 1 unspecified atom stereocenters. The number of carbonyl (C=O) groups is 1. The number of carbonyl (C=O) groups excluding carboxylic acids is 1. The second-order valence-electron chi connectivity index (χ2n) is 3.91. The Kier molecular flexibility index (Phi) is 2.62. The van der Waals surface area contributed by atoms with Crippen LogP contribution in [0.15, 0.2) is 10.7 Å². The van der Waals surface area contributed by atoms with Crippen LogP contribution in [0.25, 0.3) is 0 Å². The third-order valence-corrected chi connectivity index (χ3v) is 2.45. The van der Waals surface area contributed by atoms with Crippen LogP contribution in [0, 0.1) is 0 Å². The Bertz CT molecular complexity index is 342. The second-order valence-corrected chi connectivity index (χ2v) is 3.91. The van der Waals surface area contributed by atoms with Crippen molar-refractivity contribution in [3.63, 3.8) is 0 Å². The number of hydrogen-bond acceptors (Lipinski definition) is 4. The molecule has 1 heterocycles. The molecule has 1 aromatic rings. The molecule has 0 spiro atoms. The van der Waals surface area contributed by atoms with Gasteiger partial charge in [-0.25, -0.2) is 4.98 Å². The molecule has 1 aromatic heterocycles. The number of rotatable bonds is 3. The van der Waals surface area contributed by atoms with E-state index in [-0.39, 0.29) is 11.7 Å². The predicted octanol–water partition coefficient (Wildman–Crippen LogP) is 0.398. The minimum absolute atomic E-state index is 0.123. The minimum Gasteiger partial charge on any atom is -0.447 e. The van der Waals surface area contributed by atoms with E-state index >= 15 is 0 Å². The maximum absolute atomic E-state index is 10.8. The molecular weight excluding hydrogens is 182 g/mol. The Hall–Kier alpha value is -1.36. The van der Waals surface area contributed by atoms with Crippen LogP contribution in [0.3, 0.4) is 0 Å². The summed E-state index contributed by atoms with van der Waals surface area (Å²) in [4.78, 5) is 14.8. The second kappa shape index (κ2) is 3.42. The molecule has 78 valence electrons. The molecule has 5 nitrogen and oxygen atoms in total. The normalized spacial score (nSPS) is 14.0. The van der Waals surface area contributed by atoms with Crippen LogP contribution in [0.4, 0.5) is 0 Å². The monoisotopic (exact) mass is 197 g/mol. The Balaban J connectivity index is 3.02. The van der Waals surface area contributed by atoms with Crippen molar-refractivity contribution in [2.75, 3.05) is 0 Å². The van der Waals surface area contributed by atoms with Crippen molar-refractivity contribution in [3.05, 3.63) is 17.8 Å². The molecule has 1 rings (SSSR count). The molecule has 0 aromatic carbocycles. The van der Waals surface area contributed by atoms with Gasteiger partial charge in [0, 0.05) is 6.04 Å². The van der Waals surface area contributed by atoms with E-state index in [4.69, 9.17) is 15.9 Å². The zero-order chi connectivity index (χ0) is 10.9. The van der Waals surface area contributed by atoms with E-state index in [1.165, 1.54) is 6.26 Å². The lowest BCUT2D eigenvalue weighted by Gasteiger charge is -2.24. The third kappa shape index (κ3) is 1.77. The molecule has 0 aliphatic heterocycles. The number of primary amides is 1. The van der Waals surface area contributed by atoms with Gasteiger partial charge in [0.25, 0.3) is 5.91 Å². The molecule has 1 atom stereocenters. The standard InChI is InChI=1S/C9H15N3O2/c1-5(10)9(2,3)8-12-6(4-14-8)7(11)13/h4-5H,10H2,1-3H3,(H2,11,13). The maximum atomic E-state index is 10.8. The smallest absolute Gasteiger partial charge is 0.270 e. The van der Waals surface area contributed by atoms with Crippen molar-refractivity contribution in [2.24, 2.45) is 11.5 Å². The first kappa shape index (κ1) is 10.7. The van der Waals surface area contributed by atoms with Crippen LogP contribution in [-0.4, -0.2) is 16.9 Å². The summed E-state index contributed by atoms with van der Waals surface area (Å²) in [6.07, 6.45) is 1.25. The van der Waals surface area contributed by atoms with Gasteiger partial charge < -0.3 is 15.9 Å². The Morgan fingerprint density at radius 2 is 2.21 bits per heavy atom. The Morgan fingerprint density at radius 3 is 2.57 bits per heavy atom. The quantitative estimate of drug-likeness (QED) is 0.733. The molecule has 0 saturated carbocycles. The molecule has 0 saturated heterocycles. The van der Waals surface area contributed by atoms with Crippen molar-refractivity contribution >= 4 is 5.91 Å². The average Bonchev–Trinajstić information content (AvgIpc) is 2.51. The molecule has 0 bridgehead atoms. The summed E-state index contributed by atoms with van der Waals surface area (Å²) < 4.78 is 5.16. The van der Waals surface area contributed by atoms with Crippen molar-refractivity contribution in [1.82, 2.24) is 4.98 Å². The fourth-order valence-electron chi connectivity index (χ4n) is 0.878. The summed E-state index contributed by atoms with van der Waals surface area (Å²) in [5.74, 6) is -0.165. The first-order chi connectivity index (χ1) is 6.35. The van der Waals surface area contributed by atoms with E-state index in [0.717, 1.165) is 0 Å². The Morgan fingerprint density at radius 1 is 1.64 bits per heavy atom. The van der Waals surface area contributed by atoms with Crippen LogP contribution in [0.2, 0.25) is 0 Å². The lowest BCUT2D eigenvalue weighted by atomic mass is 9.86. The summed E-state index contributed by atoms with van der Waals surface area (Å²) in [5, 5.41) is 0. The highest BCUT2D eigenvalue weighted by molar-refractivity contribution is 5.90. The predicted molar refractivity (Wildman–Crippen MR) is 51.7 cm³/mol. The fourth-order valence-corrected chi connectivity index (χ4v) is 0.878. The third-order valence-electron chi connectivity index (χ3n) is 2.45. The first-order valence-corrected chi connectivity index (χ1v) is 4.37. The molecular formula is C9H15N3O2. The number of nitrogens with two attached hydrogens (primary N) is 2. The van der Waals surface area contributed by atoms with Crippen molar-refractivity contribution in [1.29, 1.82) is 0 Å².